The summed E-state index contributed by atoms with van der Waals surface area (Å²) in [7, 11) is 0. The molecule has 0 aliphatic carbocycles. The molecule has 0 aromatic carbocycles. The van der Waals surface area contributed by atoms with E-state index in [1.807, 2.05) is 0 Å². The first-order chi connectivity index (χ1) is 6.61. The first kappa shape index (κ1) is 9.93. The molecule has 2 aliphatic heterocycles. The summed E-state index contributed by atoms with van der Waals surface area (Å²) in [5.74, 6) is 0.672. The van der Waals surface area contributed by atoms with E-state index in [2.05, 4.69) is 24.5 Å². The average molecular weight is 198 g/mol. The lowest BCUT2D eigenvalue weighted by atomic mass is 9.90. The molecule has 0 saturated carbocycles. The molecule has 2 rings (SSSR count). The maximum absolute atomic E-state index is 11.5. The van der Waals surface area contributed by atoms with Gasteiger partial charge in [-0.25, -0.2) is 0 Å². The molecular weight excluding hydrogens is 180 g/mol. The van der Waals surface area contributed by atoms with E-state index in [-0.39, 0.29) is 17.5 Å². The second-order valence-electron chi connectivity index (χ2n) is 4.82. The van der Waals surface area contributed by atoms with Crippen molar-refractivity contribution in [2.24, 2.45) is 5.92 Å². The Morgan fingerprint density at radius 3 is 2.79 bits per heavy atom. The average Bonchev–Trinajstić information content (AvgIpc) is 2.05. The molecule has 0 aromatic rings. The lowest BCUT2D eigenvalue weighted by Gasteiger charge is -2.47. The molecule has 2 N–H and O–H groups in total. The number of nitrogens with one attached hydrogen (secondary N) is 2. The smallest absolute Gasteiger partial charge is 0.237 e. The zero-order chi connectivity index (χ0) is 10.2. The zero-order valence-electron chi connectivity index (χ0n) is 8.80. The minimum absolute atomic E-state index is 0.0346. The van der Waals surface area contributed by atoms with Crippen LogP contribution in [-0.2, 0) is 9.53 Å². The van der Waals surface area contributed by atoms with Crippen LogP contribution in [0.25, 0.3) is 0 Å². The van der Waals surface area contributed by atoms with Crippen molar-refractivity contribution in [3.63, 3.8) is 0 Å². The first-order valence-corrected chi connectivity index (χ1v) is 5.24. The van der Waals surface area contributed by atoms with E-state index in [4.69, 9.17) is 4.74 Å². The molecule has 2 aliphatic rings. The Morgan fingerprint density at radius 2 is 2.29 bits per heavy atom. The molecule has 0 bridgehead atoms. The fourth-order valence-corrected chi connectivity index (χ4v) is 2.04. The fraction of sp³-hybridized carbons (Fsp3) is 0.900. The van der Waals surface area contributed by atoms with Gasteiger partial charge in [0.15, 0.2) is 0 Å². The highest BCUT2D eigenvalue weighted by molar-refractivity contribution is 5.83. The third kappa shape index (κ3) is 1.77. The number of amides is 1. The molecule has 4 nitrogen and oxygen atoms in total. The van der Waals surface area contributed by atoms with E-state index < -0.39 is 0 Å². The lowest BCUT2D eigenvalue weighted by molar-refractivity contribution is -0.136. The third-order valence-corrected chi connectivity index (χ3v) is 2.86. The van der Waals surface area contributed by atoms with Gasteiger partial charge in [0, 0.05) is 6.54 Å². The van der Waals surface area contributed by atoms with Crippen molar-refractivity contribution in [1.29, 1.82) is 0 Å². The second-order valence-corrected chi connectivity index (χ2v) is 4.82. The molecule has 80 valence electrons. The summed E-state index contributed by atoms with van der Waals surface area (Å²) in [5.41, 5.74) is 0.0352. The van der Waals surface area contributed by atoms with Crippen molar-refractivity contribution < 1.29 is 9.53 Å². The van der Waals surface area contributed by atoms with Gasteiger partial charge in [0.05, 0.1) is 24.8 Å². The normalized spacial score (nSPS) is 30.2. The molecule has 1 spiro atoms. The van der Waals surface area contributed by atoms with Gasteiger partial charge in [0.2, 0.25) is 5.91 Å². The maximum Gasteiger partial charge on any atom is 0.237 e. The lowest BCUT2D eigenvalue weighted by Crippen LogP contribution is -2.74. The summed E-state index contributed by atoms with van der Waals surface area (Å²) in [6, 6.07) is -0.0346. The van der Waals surface area contributed by atoms with E-state index in [0.717, 1.165) is 19.6 Å². The van der Waals surface area contributed by atoms with Crippen molar-refractivity contribution in [2.45, 2.75) is 31.8 Å². The Kier molecular flexibility index (Phi) is 2.49. The number of carbonyl (C=O) groups is 1. The van der Waals surface area contributed by atoms with Gasteiger partial charge < -0.3 is 10.1 Å². The van der Waals surface area contributed by atoms with E-state index in [0.29, 0.717) is 12.5 Å². The molecular formula is C10H18N2O2. The summed E-state index contributed by atoms with van der Waals surface area (Å²) in [5, 5.41) is 6.36. The third-order valence-electron chi connectivity index (χ3n) is 2.86. The molecule has 0 radical (unpaired) electrons. The van der Waals surface area contributed by atoms with Crippen molar-refractivity contribution in [3.8, 4) is 0 Å². The minimum Gasteiger partial charge on any atom is -0.377 e. The van der Waals surface area contributed by atoms with Crippen molar-refractivity contribution in [3.05, 3.63) is 0 Å². The molecule has 1 amide bonds. The van der Waals surface area contributed by atoms with Crippen molar-refractivity contribution >= 4 is 5.91 Å². The summed E-state index contributed by atoms with van der Waals surface area (Å²) in [6.45, 7) is 6.42. The standard InChI is InChI=1S/C10H18N2O2/c1-7(2)3-8-9(13)11-4-10(12-8)5-14-6-10/h7-8,12H,3-6H2,1-2H3,(H,11,13)/t8-/m0/s1. The zero-order valence-corrected chi connectivity index (χ0v) is 8.80. The van der Waals surface area contributed by atoms with Crippen LogP contribution in [0, 0.1) is 5.92 Å². The van der Waals surface area contributed by atoms with E-state index in [1.165, 1.54) is 0 Å². The predicted molar refractivity (Wildman–Crippen MR) is 52.9 cm³/mol. The van der Waals surface area contributed by atoms with Gasteiger partial charge in [-0.3, -0.25) is 10.1 Å². The Bertz CT molecular complexity index is 236. The van der Waals surface area contributed by atoms with Crippen LogP contribution in [0.4, 0.5) is 0 Å². The largest absolute Gasteiger partial charge is 0.377 e. The van der Waals surface area contributed by atoms with Crippen LogP contribution in [0.5, 0.6) is 0 Å². The summed E-state index contributed by atoms with van der Waals surface area (Å²) in [6.07, 6.45) is 0.896. The minimum atomic E-state index is -0.0346. The van der Waals surface area contributed by atoms with Crippen molar-refractivity contribution in [1.82, 2.24) is 10.6 Å². The summed E-state index contributed by atoms with van der Waals surface area (Å²) < 4.78 is 5.19. The predicted octanol–water partition coefficient (Wildman–Crippen LogP) is -0.110. The Morgan fingerprint density at radius 1 is 1.57 bits per heavy atom. The number of ether oxygens (including phenoxy) is 1. The van der Waals surface area contributed by atoms with Gasteiger partial charge in [-0.2, -0.15) is 0 Å². The highest BCUT2D eigenvalue weighted by atomic mass is 16.5. The molecule has 2 fully saturated rings. The molecule has 2 heterocycles. The highest BCUT2D eigenvalue weighted by Crippen LogP contribution is 2.21. The first-order valence-electron chi connectivity index (χ1n) is 5.24. The van der Waals surface area contributed by atoms with E-state index in [9.17, 15) is 4.79 Å². The number of piperazine rings is 1. The van der Waals surface area contributed by atoms with Gasteiger partial charge in [0.25, 0.3) is 0 Å². The van der Waals surface area contributed by atoms with Gasteiger partial charge in [-0.15, -0.1) is 0 Å². The molecule has 14 heavy (non-hydrogen) atoms. The number of rotatable bonds is 2. The molecule has 4 heteroatoms. The SMILES string of the molecule is CC(C)C[C@@H]1NC2(CNC1=O)COC2. The topological polar surface area (TPSA) is 50.4 Å². The monoisotopic (exact) mass is 198 g/mol. The van der Waals surface area contributed by atoms with Gasteiger partial charge in [-0.05, 0) is 12.3 Å². The van der Waals surface area contributed by atoms with Gasteiger partial charge >= 0.3 is 0 Å². The summed E-state index contributed by atoms with van der Waals surface area (Å²) in [4.78, 5) is 11.5. The van der Waals surface area contributed by atoms with Crippen LogP contribution in [0.15, 0.2) is 0 Å². The Labute approximate surface area is 84.4 Å². The van der Waals surface area contributed by atoms with Crippen LogP contribution in [0.1, 0.15) is 20.3 Å². The summed E-state index contributed by atoms with van der Waals surface area (Å²) >= 11 is 0. The van der Waals surface area contributed by atoms with Crippen LogP contribution in [-0.4, -0.2) is 37.2 Å². The molecule has 0 unspecified atom stereocenters. The van der Waals surface area contributed by atoms with Crippen LogP contribution in [0.2, 0.25) is 0 Å². The quantitative estimate of drug-likeness (QED) is 0.651. The molecule has 1 atom stereocenters. The number of carbonyl (C=O) groups excluding carboxylic acids is 1. The second kappa shape index (κ2) is 3.51. The van der Waals surface area contributed by atoms with E-state index >= 15 is 0 Å². The van der Waals surface area contributed by atoms with Crippen LogP contribution in [0.3, 0.4) is 0 Å². The van der Waals surface area contributed by atoms with Crippen LogP contribution < -0.4 is 10.6 Å². The molecule has 0 aromatic heterocycles. The number of hydrogen-bond acceptors (Lipinski definition) is 3. The fourth-order valence-electron chi connectivity index (χ4n) is 2.04. The maximum atomic E-state index is 11.5. The Hall–Kier alpha value is -0.610. The van der Waals surface area contributed by atoms with Gasteiger partial charge in [-0.1, -0.05) is 13.8 Å². The van der Waals surface area contributed by atoms with Crippen molar-refractivity contribution in [2.75, 3.05) is 19.8 Å². The molecule has 2 saturated heterocycles. The number of hydrogen-bond donors (Lipinski definition) is 2. The van der Waals surface area contributed by atoms with Crippen LogP contribution >= 0.6 is 0 Å². The van der Waals surface area contributed by atoms with E-state index in [1.54, 1.807) is 0 Å². The Balaban J connectivity index is 1.96. The highest BCUT2D eigenvalue weighted by Gasteiger charge is 2.45. The van der Waals surface area contributed by atoms with Gasteiger partial charge in [0.1, 0.15) is 0 Å².